The van der Waals surface area contributed by atoms with E-state index in [2.05, 4.69) is 35.9 Å². The Morgan fingerprint density at radius 1 is 1.24 bits per heavy atom. The lowest BCUT2D eigenvalue weighted by Gasteiger charge is -2.11. The number of benzene rings is 1. The highest BCUT2D eigenvalue weighted by atomic mass is 35.5. The number of halogens is 1. The molecule has 0 aliphatic carbocycles. The minimum Gasteiger partial charge on any atom is -0.327 e. The van der Waals surface area contributed by atoms with Crippen molar-refractivity contribution in [1.29, 1.82) is 0 Å². The molecule has 4 heteroatoms. The number of unbranched alkanes of at least 4 members (excludes halogenated alkanes) is 3. The second kappa shape index (κ2) is 8.09. The van der Waals surface area contributed by atoms with E-state index in [1.54, 1.807) is 0 Å². The molecule has 1 aromatic heterocycles. The van der Waals surface area contributed by atoms with Gasteiger partial charge in [0.15, 0.2) is 0 Å². The first-order chi connectivity index (χ1) is 10.1. The molecule has 0 amide bonds. The van der Waals surface area contributed by atoms with Crippen molar-refractivity contribution in [3.05, 3.63) is 29.6 Å². The summed E-state index contributed by atoms with van der Waals surface area (Å²) in [5, 5.41) is -0.0479. The number of imidazole rings is 1. The molecule has 0 bridgehead atoms. The molecule has 2 aromatic rings. The molecule has 1 heterocycles. The lowest BCUT2D eigenvalue weighted by molar-refractivity contribution is 0.575. The summed E-state index contributed by atoms with van der Waals surface area (Å²) in [5.74, 6) is 2.28. The van der Waals surface area contributed by atoms with E-state index in [1.165, 1.54) is 42.5 Å². The molecule has 2 nitrogen and oxygen atoms in total. The zero-order valence-electron chi connectivity index (χ0n) is 13.2. The first kappa shape index (κ1) is 16.7. The third-order valence-corrected chi connectivity index (χ3v) is 4.73. The van der Waals surface area contributed by atoms with Crippen LogP contribution in [0.4, 0.5) is 0 Å². The van der Waals surface area contributed by atoms with Gasteiger partial charge in [0.1, 0.15) is 5.82 Å². The summed E-state index contributed by atoms with van der Waals surface area (Å²) in [6.07, 6.45) is 7.30. The van der Waals surface area contributed by atoms with Gasteiger partial charge in [-0.1, -0.05) is 25.0 Å². The predicted octanol–water partition coefficient (Wildman–Crippen LogP) is 5.57. The standard InChI is InChI=1S/C17H25ClN2S/c1-13-9-8-10-15-16(13)20(17(19-15)14(2)18)11-6-4-5-7-12-21-3/h8-10,14H,4-7,11-12H2,1-3H3. The monoisotopic (exact) mass is 324 g/mol. The van der Waals surface area contributed by atoms with E-state index in [-0.39, 0.29) is 5.38 Å². The molecule has 0 saturated carbocycles. The van der Waals surface area contributed by atoms with Crippen molar-refractivity contribution in [2.75, 3.05) is 12.0 Å². The number of hydrogen-bond donors (Lipinski definition) is 0. The molecular weight excluding hydrogens is 300 g/mol. The van der Waals surface area contributed by atoms with Crippen molar-refractivity contribution in [3.8, 4) is 0 Å². The summed E-state index contributed by atoms with van der Waals surface area (Å²) < 4.78 is 2.33. The quantitative estimate of drug-likeness (QED) is 0.467. The number of aryl methyl sites for hydroxylation is 2. The van der Waals surface area contributed by atoms with E-state index in [0.29, 0.717) is 0 Å². The van der Waals surface area contributed by atoms with Crippen LogP contribution in [0.5, 0.6) is 0 Å². The Balaban J connectivity index is 2.11. The van der Waals surface area contributed by atoms with E-state index in [4.69, 9.17) is 16.6 Å². The van der Waals surface area contributed by atoms with Crippen LogP contribution in [0.1, 0.15) is 49.4 Å². The zero-order chi connectivity index (χ0) is 15.2. The topological polar surface area (TPSA) is 17.8 Å². The summed E-state index contributed by atoms with van der Waals surface area (Å²) in [6, 6.07) is 6.31. The van der Waals surface area contributed by atoms with Gasteiger partial charge in [0.25, 0.3) is 0 Å². The summed E-state index contributed by atoms with van der Waals surface area (Å²) in [6.45, 7) is 5.18. The van der Waals surface area contributed by atoms with Crippen LogP contribution in [0.3, 0.4) is 0 Å². The van der Waals surface area contributed by atoms with Gasteiger partial charge in [0.2, 0.25) is 0 Å². The first-order valence-corrected chi connectivity index (χ1v) is 9.57. The molecule has 0 N–H and O–H groups in total. The average Bonchev–Trinajstić information content (AvgIpc) is 2.83. The fourth-order valence-electron chi connectivity index (χ4n) is 2.78. The van der Waals surface area contributed by atoms with Crippen molar-refractivity contribution in [1.82, 2.24) is 9.55 Å². The lowest BCUT2D eigenvalue weighted by Crippen LogP contribution is -2.05. The smallest absolute Gasteiger partial charge is 0.127 e. The Labute approximate surface area is 137 Å². The van der Waals surface area contributed by atoms with Crippen molar-refractivity contribution >= 4 is 34.4 Å². The number of nitrogens with zero attached hydrogens (tertiary/aromatic N) is 2. The molecule has 0 saturated heterocycles. The average molecular weight is 325 g/mol. The van der Waals surface area contributed by atoms with Crippen LogP contribution in [0.15, 0.2) is 18.2 Å². The molecule has 1 aromatic carbocycles. The van der Waals surface area contributed by atoms with Crippen LogP contribution in [-0.4, -0.2) is 21.6 Å². The Morgan fingerprint density at radius 3 is 2.71 bits per heavy atom. The molecule has 0 radical (unpaired) electrons. The maximum Gasteiger partial charge on any atom is 0.127 e. The summed E-state index contributed by atoms with van der Waals surface area (Å²) in [7, 11) is 0. The van der Waals surface area contributed by atoms with E-state index < -0.39 is 0 Å². The molecular formula is C17H25ClN2S. The Kier molecular flexibility index (Phi) is 6.43. The van der Waals surface area contributed by atoms with Crippen molar-refractivity contribution in [2.45, 2.75) is 51.5 Å². The van der Waals surface area contributed by atoms with Crippen LogP contribution in [0.25, 0.3) is 11.0 Å². The van der Waals surface area contributed by atoms with Gasteiger partial charge < -0.3 is 4.57 Å². The van der Waals surface area contributed by atoms with Crippen LogP contribution in [0, 0.1) is 6.92 Å². The lowest BCUT2D eigenvalue weighted by atomic mass is 10.2. The fourth-order valence-corrected chi connectivity index (χ4v) is 3.44. The highest BCUT2D eigenvalue weighted by Crippen LogP contribution is 2.27. The van der Waals surface area contributed by atoms with Crippen molar-refractivity contribution in [3.63, 3.8) is 0 Å². The maximum atomic E-state index is 6.33. The van der Waals surface area contributed by atoms with Gasteiger partial charge >= 0.3 is 0 Å². The highest BCUT2D eigenvalue weighted by molar-refractivity contribution is 7.98. The normalized spacial score (nSPS) is 13.0. The minimum absolute atomic E-state index is 0.0479. The molecule has 1 atom stereocenters. The van der Waals surface area contributed by atoms with Gasteiger partial charge in [-0.25, -0.2) is 4.98 Å². The van der Waals surface area contributed by atoms with E-state index in [9.17, 15) is 0 Å². The third kappa shape index (κ3) is 4.17. The number of hydrogen-bond acceptors (Lipinski definition) is 2. The SMILES string of the molecule is CSCCCCCCn1c(C(C)Cl)nc2cccc(C)c21. The minimum atomic E-state index is -0.0479. The maximum absolute atomic E-state index is 6.33. The summed E-state index contributed by atoms with van der Waals surface area (Å²) in [5.41, 5.74) is 3.61. The summed E-state index contributed by atoms with van der Waals surface area (Å²) >= 11 is 8.26. The number of thioether (sulfide) groups is 1. The van der Waals surface area contributed by atoms with Crippen molar-refractivity contribution < 1.29 is 0 Å². The van der Waals surface area contributed by atoms with E-state index in [1.807, 2.05) is 18.7 Å². The first-order valence-electron chi connectivity index (χ1n) is 7.74. The van der Waals surface area contributed by atoms with Crippen LogP contribution < -0.4 is 0 Å². The zero-order valence-corrected chi connectivity index (χ0v) is 14.8. The Hall–Kier alpha value is -0.670. The molecule has 0 spiro atoms. The third-order valence-electron chi connectivity index (χ3n) is 3.83. The van der Waals surface area contributed by atoms with E-state index >= 15 is 0 Å². The van der Waals surface area contributed by atoms with Gasteiger partial charge in [-0.05, 0) is 50.3 Å². The number of fused-ring (bicyclic) bond motifs is 1. The Morgan fingerprint density at radius 2 is 2.00 bits per heavy atom. The van der Waals surface area contributed by atoms with Gasteiger partial charge in [-0.2, -0.15) is 11.8 Å². The Bertz CT molecular complexity index is 577. The molecule has 0 aliphatic rings. The van der Waals surface area contributed by atoms with Crippen molar-refractivity contribution in [2.24, 2.45) is 0 Å². The molecule has 0 aliphatic heterocycles. The second-order valence-corrected chi connectivity index (χ2v) is 7.23. The highest BCUT2D eigenvalue weighted by Gasteiger charge is 2.15. The van der Waals surface area contributed by atoms with Crippen LogP contribution >= 0.6 is 23.4 Å². The van der Waals surface area contributed by atoms with E-state index in [0.717, 1.165) is 17.9 Å². The molecule has 2 rings (SSSR count). The molecule has 21 heavy (non-hydrogen) atoms. The number of alkyl halides is 1. The van der Waals surface area contributed by atoms with Crippen LogP contribution in [-0.2, 0) is 6.54 Å². The summed E-state index contributed by atoms with van der Waals surface area (Å²) in [4.78, 5) is 4.73. The molecule has 116 valence electrons. The van der Waals surface area contributed by atoms with Crippen LogP contribution in [0.2, 0.25) is 0 Å². The fraction of sp³-hybridized carbons (Fsp3) is 0.588. The van der Waals surface area contributed by atoms with Gasteiger partial charge in [0.05, 0.1) is 16.4 Å². The van der Waals surface area contributed by atoms with Gasteiger partial charge in [0, 0.05) is 6.54 Å². The molecule has 0 fully saturated rings. The predicted molar refractivity (Wildman–Crippen MR) is 95.6 cm³/mol. The number of para-hydroxylation sites is 1. The van der Waals surface area contributed by atoms with Gasteiger partial charge in [-0.15, -0.1) is 11.6 Å². The van der Waals surface area contributed by atoms with Gasteiger partial charge in [-0.3, -0.25) is 0 Å². The second-order valence-electron chi connectivity index (χ2n) is 5.59. The largest absolute Gasteiger partial charge is 0.327 e. The number of aromatic nitrogens is 2. The number of rotatable bonds is 8. The molecule has 1 unspecified atom stereocenters.